The Bertz CT molecular complexity index is 1730. The molecule has 0 spiro atoms. The van der Waals surface area contributed by atoms with Gasteiger partial charge in [0.05, 0.1) is 0 Å². The molecule has 0 atom stereocenters. The first-order valence-corrected chi connectivity index (χ1v) is 18.0. The molecule has 0 saturated carbocycles. The molecule has 4 heteroatoms. The quantitative estimate of drug-likeness (QED) is 0.165. The number of hydrogen-bond donors (Lipinski definition) is 0. The van der Waals surface area contributed by atoms with Gasteiger partial charge in [-0.25, -0.2) is 0 Å². The third kappa shape index (κ3) is 7.88. The third-order valence-electron chi connectivity index (χ3n) is 8.27. The number of hydrogen-bond acceptors (Lipinski definition) is 4. The molecule has 6 aromatic carbocycles. The highest BCUT2D eigenvalue weighted by molar-refractivity contribution is 7.97. The molecule has 6 aromatic rings. The molecule has 0 radical (unpaired) electrons. The predicted molar refractivity (Wildman–Crippen MR) is 195 cm³/mol. The van der Waals surface area contributed by atoms with E-state index in [0.717, 1.165) is 45.6 Å². The van der Waals surface area contributed by atoms with E-state index in [1.165, 1.54) is 44.5 Å². The Labute approximate surface area is 280 Å². The fourth-order valence-corrected chi connectivity index (χ4v) is 7.48. The SMILES string of the molecule is c1cc2cc(c1)-c1ccc(cc1)CSCc1ccc(cc1)OCc1ccccc1COc1ccc(cc1)CSCc1ccc-2cc1. The normalized spacial score (nSPS) is 13.7. The molecule has 2 nitrogen and oxygen atoms in total. The highest BCUT2D eigenvalue weighted by Crippen LogP contribution is 2.29. The molecule has 0 unspecified atom stereocenters. The first-order chi connectivity index (χ1) is 22.7. The zero-order valence-corrected chi connectivity index (χ0v) is 27.4. The fraction of sp³-hybridized carbons (Fsp3) is 0.143. The number of thioether (sulfide) groups is 2. The summed E-state index contributed by atoms with van der Waals surface area (Å²) in [7, 11) is 0. The van der Waals surface area contributed by atoms with E-state index in [4.69, 9.17) is 9.47 Å². The molecule has 13 rings (SSSR count). The summed E-state index contributed by atoms with van der Waals surface area (Å²) < 4.78 is 12.4. The van der Waals surface area contributed by atoms with Crippen molar-refractivity contribution < 1.29 is 9.47 Å². The summed E-state index contributed by atoms with van der Waals surface area (Å²) >= 11 is 3.87. The Balaban J connectivity index is 1.09. The maximum atomic E-state index is 6.19. The molecule has 0 N–H and O–H groups in total. The van der Waals surface area contributed by atoms with Crippen molar-refractivity contribution in [1.29, 1.82) is 0 Å². The van der Waals surface area contributed by atoms with E-state index in [2.05, 4.69) is 146 Å². The van der Waals surface area contributed by atoms with Crippen LogP contribution in [0.1, 0.15) is 33.4 Å². The summed E-state index contributed by atoms with van der Waals surface area (Å²) in [5.41, 5.74) is 12.5. The van der Waals surface area contributed by atoms with Crippen LogP contribution in [0.5, 0.6) is 11.5 Å². The standard InChI is InChI=1S/C42H36O2S2/c1-2-5-40-26-44-42-22-14-34(15-23-42)30-46-28-32-10-18-36(19-11-32)38-7-3-6-37(24-38)35-16-8-31(9-17-35)27-45-29-33-12-20-41(21-13-33)43-25-39(40)4-1/h1-24H,25-30H2. The van der Waals surface area contributed by atoms with Crippen molar-refractivity contribution >= 4 is 23.5 Å². The lowest BCUT2D eigenvalue weighted by atomic mass is 9.98. The van der Waals surface area contributed by atoms with Gasteiger partial charge < -0.3 is 9.47 Å². The van der Waals surface area contributed by atoms with E-state index in [0.29, 0.717) is 13.2 Å². The van der Waals surface area contributed by atoms with Crippen molar-refractivity contribution in [3.63, 3.8) is 0 Å². The second-order valence-corrected chi connectivity index (χ2v) is 13.6. The van der Waals surface area contributed by atoms with E-state index in [1.807, 2.05) is 23.5 Å². The Morgan fingerprint density at radius 3 is 1.11 bits per heavy atom. The molecule has 0 fully saturated rings. The maximum Gasteiger partial charge on any atom is 0.119 e. The van der Waals surface area contributed by atoms with Gasteiger partial charge in [0.15, 0.2) is 0 Å². The van der Waals surface area contributed by atoms with E-state index in [-0.39, 0.29) is 0 Å². The Morgan fingerprint density at radius 2 is 0.717 bits per heavy atom. The minimum Gasteiger partial charge on any atom is -0.489 e. The average Bonchev–Trinajstić information content (AvgIpc) is 3.12. The topological polar surface area (TPSA) is 18.5 Å². The summed E-state index contributed by atoms with van der Waals surface area (Å²) in [5.74, 6) is 5.64. The molecule has 0 amide bonds. The van der Waals surface area contributed by atoms with E-state index in [9.17, 15) is 0 Å². The second kappa shape index (κ2) is 14.8. The van der Waals surface area contributed by atoms with Crippen LogP contribution in [0.4, 0.5) is 0 Å². The molecule has 10 bridgehead atoms. The first kappa shape index (κ1) is 30.3. The van der Waals surface area contributed by atoms with Gasteiger partial charge in [0, 0.05) is 23.0 Å². The van der Waals surface area contributed by atoms with Gasteiger partial charge in [-0.05, 0) is 86.0 Å². The maximum absolute atomic E-state index is 6.19. The smallest absolute Gasteiger partial charge is 0.119 e. The van der Waals surface area contributed by atoms with Crippen LogP contribution >= 0.6 is 23.5 Å². The van der Waals surface area contributed by atoms with Crippen LogP contribution in [0.25, 0.3) is 22.3 Å². The molecule has 7 aliphatic rings. The van der Waals surface area contributed by atoms with Gasteiger partial charge >= 0.3 is 0 Å². The van der Waals surface area contributed by atoms with Gasteiger partial charge in [-0.2, -0.15) is 23.5 Å². The van der Waals surface area contributed by atoms with Crippen LogP contribution in [0, 0.1) is 0 Å². The molecule has 228 valence electrons. The van der Waals surface area contributed by atoms with Crippen molar-refractivity contribution in [2.45, 2.75) is 36.2 Å². The zero-order valence-electron chi connectivity index (χ0n) is 25.7. The lowest BCUT2D eigenvalue weighted by Crippen LogP contribution is -2.03. The van der Waals surface area contributed by atoms with Gasteiger partial charge in [-0.1, -0.05) is 115 Å². The predicted octanol–water partition coefficient (Wildman–Crippen LogP) is 11.4. The van der Waals surface area contributed by atoms with Gasteiger partial charge in [-0.15, -0.1) is 0 Å². The molecule has 0 saturated heterocycles. The summed E-state index contributed by atoms with van der Waals surface area (Å²) in [6.45, 7) is 1.01. The van der Waals surface area contributed by atoms with Crippen LogP contribution in [0.3, 0.4) is 0 Å². The number of benzene rings is 6. The van der Waals surface area contributed by atoms with Gasteiger partial charge in [0.25, 0.3) is 0 Å². The lowest BCUT2D eigenvalue weighted by Gasteiger charge is -2.13. The van der Waals surface area contributed by atoms with Crippen LogP contribution in [-0.2, 0) is 36.2 Å². The monoisotopic (exact) mass is 636 g/mol. The van der Waals surface area contributed by atoms with E-state index < -0.39 is 0 Å². The molecule has 7 heterocycles. The Kier molecular flexibility index (Phi) is 9.75. The van der Waals surface area contributed by atoms with Crippen molar-refractivity contribution in [3.8, 4) is 33.8 Å². The van der Waals surface area contributed by atoms with Gasteiger partial charge in [0.1, 0.15) is 24.7 Å². The largest absolute Gasteiger partial charge is 0.489 e. The van der Waals surface area contributed by atoms with Gasteiger partial charge in [-0.3, -0.25) is 0 Å². The highest BCUT2D eigenvalue weighted by atomic mass is 32.2. The number of rotatable bonds is 0. The molecule has 7 aliphatic heterocycles. The fourth-order valence-electron chi connectivity index (χ4n) is 5.56. The third-order valence-corrected chi connectivity index (χ3v) is 10.4. The van der Waals surface area contributed by atoms with Crippen molar-refractivity contribution in [2.75, 3.05) is 0 Å². The van der Waals surface area contributed by atoms with Crippen LogP contribution in [0.2, 0.25) is 0 Å². The van der Waals surface area contributed by atoms with Crippen molar-refractivity contribution in [2.24, 2.45) is 0 Å². The minimum atomic E-state index is 0.507. The summed E-state index contributed by atoms with van der Waals surface area (Å²) in [4.78, 5) is 0. The Morgan fingerprint density at radius 1 is 0.348 bits per heavy atom. The second-order valence-electron chi connectivity index (χ2n) is 11.6. The van der Waals surface area contributed by atoms with Crippen LogP contribution in [0.15, 0.2) is 146 Å². The Hall–Kier alpha value is -4.38. The highest BCUT2D eigenvalue weighted by Gasteiger charge is 2.07. The minimum absolute atomic E-state index is 0.507. The lowest BCUT2D eigenvalue weighted by molar-refractivity contribution is 0.285. The van der Waals surface area contributed by atoms with Gasteiger partial charge in [0.2, 0.25) is 0 Å². The average molecular weight is 637 g/mol. The summed E-state index contributed by atoms with van der Waals surface area (Å²) in [5, 5.41) is 0. The molecule has 46 heavy (non-hydrogen) atoms. The summed E-state index contributed by atoms with van der Waals surface area (Å²) in [6, 6.07) is 52.2. The van der Waals surface area contributed by atoms with Crippen LogP contribution in [-0.4, -0.2) is 0 Å². The molecular weight excluding hydrogens is 601 g/mol. The summed E-state index contributed by atoms with van der Waals surface area (Å²) in [6.07, 6.45) is 0. The van der Waals surface area contributed by atoms with E-state index >= 15 is 0 Å². The number of ether oxygens (including phenoxy) is 2. The van der Waals surface area contributed by atoms with Crippen molar-refractivity contribution in [1.82, 2.24) is 0 Å². The van der Waals surface area contributed by atoms with Crippen molar-refractivity contribution in [3.05, 3.63) is 179 Å². The molecule has 0 aliphatic carbocycles. The first-order valence-electron chi connectivity index (χ1n) is 15.7. The molecule has 0 aromatic heterocycles. The molecular formula is C42H36O2S2. The van der Waals surface area contributed by atoms with E-state index in [1.54, 1.807) is 0 Å². The zero-order chi connectivity index (χ0) is 31.0. The van der Waals surface area contributed by atoms with Crippen LogP contribution < -0.4 is 9.47 Å².